The first-order valence-electron chi connectivity index (χ1n) is 7.35. The van der Waals surface area contributed by atoms with Crippen molar-refractivity contribution in [2.24, 2.45) is 5.73 Å². The van der Waals surface area contributed by atoms with E-state index in [1.807, 2.05) is 12.1 Å². The maximum Gasteiger partial charge on any atom is 0.133 e. The number of likely N-dealkylation sites (tertiary alicyclic amines) is 1. The lowest BCUT2D eigenvalue weighted by Gasteiger charge is -2.36. The highest BCUT2D eigenvalue weighted by Crippen LogP contribution is 2.23. The fourth-order valence-electron chi connectivity index (χ4n) is 2.99. The molecule has 0 aliphatic carbocycles. The van der Waals surface area contributed by atoms with Crippen LogP contribution in [0, 0.1) is 0 Å². The Morgan fingerprint density at radius 3 is 2.95 bits per heavy atom. The Bertz CT molecular complexity index is 550. The molecule has 106 valence electrons. The van der Waals surface area contributed by atoms with Gasteiger partial charge in [0.15, 0.2) is 0 Å². The minimum absolute atomic E-state index is 0.371. The molecule has 2 N–H and O–H groups in total. The molecule has 1 aromatic heterocycles. The second kappa shape index (κ2) is 5.81. The molecular weight excluding hydrogens is 248 g/mol. The van der Waals surface area contributed by atoms with Gasteiger partial charge in [0.25, 0.3) is 0 Å². The third-order valence-corrected chi connectivity index (χ3v) is 4.17. The summed E-state index contributed by atoms with van der Waals surface area (Å²) < 4.78 is 5.47. The van der Waals surface area contributed by atoms with Crippen LogP contribution in [0.15, 0.2) is 47.1 Å². The number of piperidine rings is 1. The van der Waals surface area contributed by atoms with Crippen LogP contribution in [0.2, 0.25) is 0 Å². The predicted octanol–water partition coefficient (Wildman–Crippen LogP) is 3.26. The highest BCUT2D eigenvalue weighted by atomic mass is 16.3. The van der Waals surface area contributed by atoms with Gasteiger partial charge in [-0.3, -0.25) is 4.90 Å². The summed E-state index contributed by atoms with van der Waals surface area (Å²) in [5.74, 6) is 0.931. The number of nitrogens with two attached hydrogens (primary N) is 1. The van der Waals surface area contributed by atoms with Gasteiger partial charge in [0.05, 0.1) is 6.26 Å². The molecule has 0 bridgehead atoms. The molecule has 0 amide bonds. The molecule has 2 aromatic rings. The van der Waals surface area contributed by atoms with Crippen LogP contribution < -0.4 is 5.73 Å². The van der Waals surface area contributed by atoms with E-state index in [2.05, 4.69) is 36.1 Å². The van der Waals surface area contributed by atoms with Gasteiger partial charge < -0.3 is 10.2 Å². The zero-order valence-corrected chi connectivity index (χ0v) is 12.0. The Morgan fingerprint density at radius 2 is 2.20 bits per heavy atom. The topological polar surface area (TPSA) is 42.4 Å². The number of rotatable bonds is 3. The molecule has 0 radical (unpaired) electrons. The van der Waals surface area contributed by atoms with Crippen LogP contribution in [0.1, 0.15) is 25.3 Å². The summed E-state index contributed by atoms with van der Waals surface area (Å²) in [6.07, 6.45) is 3.91. The summed E-state index contributed by atoms with van der Waals surface area (Å²) in [4.78, 5) is 2.52. The first-order valence-corrected chi connectivity index (χ1v) is 7.35. The van der Waals surface area contributed by atoms with Gasteiger partial charge in [-0.15, -0.1) is 0 Å². The molecule has 20 heavy (non-hydrogen) atoms. The van der Waals surface area contributed by atoms with E-state index in [0.717, 1.165) is 37.3 Å². The Morgan fingerprint density at radius 1 is 1.30 bits per heavy atom. The fraction of sp³-hybridized carbons (Fsp3) is 0.412. The Labute approximate surface area is 120 Å². The molecule has 3 heteroatoms. The van der Waals surface area contributed by atoms with Gasteiger partial charge in [0, 0.05) is 30.7 Å². The van der Waals surface area contributed by atoms with E-state index in [4.69, 9.17) is 10.2 Å². The minimum Gasteiger partial charge on any atom is -0.464 e. The molecule has 1 aromatic carbocycles. The molecule has 1 saturated heterocycles. The van der Waals surface area contributed by atoms with Crippen molar-refractivity contribution in [3.63, 3.8) is 0 Å². The number of nitrogens with zero attached hydrogens (tertiary/aromatic N) is 1. The largest absolute Gasteiger partial charge is 0.464 e. The lowest BCUT2D eigenvalue weighted by atomic mass is 9.98. The zero-order valence-electron chi connectivity index (χ0n) is 12.0. The van der Waals surface area contributed by atoms with Crippen LogP contribution in [0.25, 0.3) is 11.3 Å². The molecular formula is C17H22N2O. The summed E-state index contributed by atoms with van der Waals surface area (Å²) >= 11 is 0. The van der Waals surface area contributed by atoms with Gasteiger partial charge in [-0.25, -0.2) is 0 Å². The highest BCUT2D eigenvalue weighted by molar-refractivity contribution is 5.58. The van der Waals surface area contributed by atoms with Crippen molar-refractivity contribution in [1.29, 1.82) is 0 Å². The second-order valence-electron chi connectivity index (χ2n) is 5.78. The van der Waals surface area contributed by atoms with Crippen molar-refractivity contribution < 1.29 is 4.42 Å². The van der Waals surface area contributed by atoms with E-state index < -0.39 is 0 Å². The first-order chi connectivity index (χ1) is 9.72. The van der Waals surface area contributed by atoms with Crippen LogP contribution in [0.5, 0.6) is 0 Å². The number of hydrogen-bond acceptors (Lipinski definition) is 3. The predicted molar refractivity (Wildman–Crippen MR) is 81.2 cm³/mol. The van der Waals surface area contributed by atoms with Gasteiger partial charge in [-0.2, -0.15) is 0 Å². The normalized spacial score (nSPS) is 23.9. The lowest BCUT2D eigenvalue weighted by Crippen LogP contribution is -2.44. The highest BCUT2D eigenvalue weighted by Gasteiger charge is 2.23. The SMILES string of the molecule is C[C@@H]1C[C@@H](N)CCN1Cc1cccc(-c2ccco2)c1. The fourth-order valence-corrected chi connectivity index (χ4v) is 2.99. The standard InChI is InChI=1S/C17H22N2O/c1-13-10-16(18)7-8-19(13)12-14-4-2-5-15(11-14)17-6-3-9-20-17/h2-6,9,11,13,16H,7-8,10,12,18H2,1H3/t13-,16+/m1/s1. The maximum atomic E-state index is 6.03. The van der Waals surface area contributed by atoms with Crippen LogP contribution >= 0.6 is 0 Å². The van der Waals surface area contributed by atoms with Crippen molar-refractivity contribution in [1.82, 2.24) is 4.90 Å². The molecule has 0 unspecified atom stereocenters. The van der Waals surface area contributed by atoms with Crippen LogP contribution in [0.4, 0.5) is 0 Å². The molecule has 1 aliphatic rings. The Hall–Kier alpha value is -1.58. The molecule has 0 spiro atoms. The summed E-state index contributed by atoms with van der Waals surface area (Å²) in [5.41, 5.74) is 8.51. The maximum absolute atomic E-state index is 6.03. The van der Waals surface area contributed by atoms with Crippen molar-refractivity contribution in [2.45, 2.75) is 38.4 Å². The average Bonchev–Trinajstić information content (AvgIpc) is 2.96. The van der Waals surface area contributed by atoms with E-state index in [9.17, 15) is 0 Å². The number of hydrogen-bond donors (Lipinski definition) is 1. The van der Waals surface area contributed by atoms with Gasteiger partial charge in [-0.1, -0.05) is 18.2 Å². The average molecular weight is 270 g/mol. The van der Waals surface area contributed by atoms with Gasteiger partial charge >= 0.3 is 0 Å². The summed E-state index contributed by atoms with van der Waals surface area (Å²) in [6.45, 7) is 4.35. The van der Waals surface area contributed by atoms with Crippen molar-refractivity contribution in [3.05, 3.63) is 48.2 Å². The first kappa shape index (κ1) is 13.4. The second-order valence-corrected chi connectivity index (χ2v) is 5.78. The molecule has 1 aliphatic heterocycles. The monoisotopic (exact) mass is 270 g/mol. The van der Waals surface area contributed by atoms with E-state index in [0.29, 0.717) is 12.1 Å². The molecule has 3 rings (SSSR count). The third-order valence-electron chi connectivity index (χ3n) is 4.17. The van der Waals surface area contributed by atoms with E-state index in [-0.39, 0.29) is 0 Å². The van der Waals surface area contributed by atoms with E-state index in [1.54, 1.807) is 6.26 Å². The number of benzene rings is 1. The quantitative estimate of drug-likeness (QED) is 0.931. The Kier molecular flexibility index (Phi) is 3.90. The van der Waals surface area contributed by atoms with Crippen molar-refractivity contribution in [3.8, 4) is 11.3 Å². The van der Waals surface area contributed by atoms with Crippen LogP contribution in [-0.2, 0) is 6.54 Å². The van der Waals surface area contributed by atoms with Crippen molar-refractivity contribution >= 4 is 0 Å². The van der Waals surface area contributed by atoms with Gasteiger partial charge in [0.1, 0.15) is 5.76 Å². The van der Waals surface area contributed by atoms with Crippen molar-refractivity contribution in [2.75, 3.05) is 6.54 Å². The lowest BCUT2D eigenvalue weighted by molar-refractivity contribution is 0.140. The Balaban J connectivity index is 1.73. The van der Waals surface area contributed by atoms with E-state index in [1.165, 1.54) is 5.56 Å². The van der Waals surface area contributed by atoms with E-state index >= 15 is 0 Å². The molecule has 3 nitrogen and oxygen atoms in total. The minimum atomic E-state index is 0.371. The number of furan rings is 1. The summed E-state index contributed by atoms with van der Waals surface area (Å²) in [7, 11) is 0. The summed E-state index contributed by atoms with van der Waals surface area (Å²) in [6, 6.07) is 13.5. The summed E-state index contributed by atoms with van der Waals surface area (Å²) in [5, 5.41) is 0. The zero-order chi connectivity index (χ0) is 13.9. The van der Waals surface area contributed by atoms with Crippen LogP contribution in [0.3, 0.4) is 0 Å². The van der Waals surface area contributed by atoms with Gasteiger partial charge in [-0.05, 0) is 43.5 Å². The molecule has 1 fully saturated rings. The smallest absolute Gasteiger partial charge is 0.133 e. The molecule has 2 atom stereocenters. The third kappa shape index (κ3) is 2.94. The van der Waals surface area contributed by atoms with Gasteiger partial charge in [0.2, 0.25) is 0 Å². The molecule has 2 heterocycles. The molecule has 0 saturated carbocycles. The van der Waals surface area contributed by atoms with Crippen LogP contribution in [-0.4, -0.2) is 23.5 Å².